The third-order valence-corrected chi connectivity index (χ3v) is 3.94. The Hall–Kier alpha value is -1.35. The van der Waals surface area contributed by atoms with E-state index < -0.39 is 0 Å². The van der Waals surface area contributed by atoms with Crippen molar-refractivity contribution in [1.82, 2.24) is 5.32 Å². The molecule has 1 atom stereocenters. The minimum atomic E-state index is -0.348. The summed E-state index contributed by atoms with van der Waals surface area (Å²) in [5, 5.41) is 3.37. The van der Waals surface area contributed by atoms with Crippen LogP contribution in [0.1, 0.15) is 57.7 Å². The first-order valence-corrected chi connectivity index (χ1v) is 7.92. The van der Waals surface area contributed by atoms with Crippen LogP contribution in [0.15, 0.2) is 24.3 Å². The predicted molar refractivity (Wildman–Crippen MR) is 85.2 cm³/mol. The molecule has 21 heavy (non-hydrogen) atoms. The summed E-state index contributed by atoms with van der Waals surface area (Å²) in [6.07, 6.45) is 2.54. The quantitative estimate of drug-likeness (QED) is 0.813. The maximum absolute atomic E-state index is 12.2. The number of esters is 1. The third kappa shape index (κ3) is 4.57. The monoisotopic (exact) mass is 289 g/mol. The highest BCUT2D eigenvalue weighted by atomic mass is 16.5. The van der Waals surface area contributed by atoms with E-state index in [9.17, 15) is 4.79 Å². The molecule has 2 rings (SSSR count). The molecule has 1 aromatic carbocycles. The molecule has 0 spiro atoms. The van der Waals surface area contributed by atoms with Crippen molar-refractivity contribution >= 4 is 5.97 Å². The van der Waals surface area contributed by atoms with Gasteiger partial charge in [0.05, 0.1) is 6.61 Å². The summed E-state index contributed by atoms with van der Waals surface area (Å²) in [5.41, 5.74) is 2.39. The number of hydrogen-bond acceptors (Lipinski definition) is 3. The van der Waals surface area contributed by atoms with E-state index >= 15 is 0 Å². The van der Waals surface area contributed by atoms with Crippen LogP contribution in [0.25, 0.3) is 0 Å². The number of hydrogen-bond donors (Lipinski definition) is 1. The zero-order chi connectivity index (χ0) is 15.5. The molecule has 1 aliphatic rings. The summed E-state index contributed by atoms with van der Waals surface area (Å²) in [4.78, 5) is 12.2. The van der Waals surface area contributed by atoms with Gasteiger partial charge >= 0.3 is 5.97 Å². The van der Waals surface area contributed by atoms with Crippen molar-refractivity contribution in [2.24, 2.45) is 5.92 Å². The van der Waals surface area contributed by atoms with E-state index in [4.69, 9.17) is 4.74 Å². The largest absolute Gasteiger partial charge is 0.465 e. The van der Waals surface area contributed by atoms with Crippen LogP contribution in [0.3, 0.4) is 0 Å². The molecule has 3 nitrogen and oxygen atoms in total. The Balaban J connectivity index is 2.12. The Morgan fingerprint density at radius 2 is 1.90 bits per heavy atom. The van der Waals surface area contributed by atoms with Crippen molar-refractivity contribution in [2.75, 3.05) is 13.2 Å². The number of benzene rings is 1. The van der Waals surface area contributed by atoms with Crippen LogP contribution in [0.5, 0.6) is 0 Å². The fourth-order valence-electron chi connectivity index (χ4n) is 2.34. The molecular weight excluding hydrogens is 262 g/mol. The van der Waals surface area contributed by atoms with Crippen molar-refractivity contribution in [3.05, 3.63) is 35.4 Å². The Kier molecular flexibility index (Phi) is 5.04. The molecule has 0 bridgehead atoms. The van der Waals surface area contributed by atoms with E-state index in [1.54, 1.807) is 0 Å². The molecule has 3 heteroatoms. The predicted octanol–water partition coefficient (Wildman–Crippen LogP) is 3.59. The molecule has 1 saturated carbocycles. The van der Waals surface area contributed by atoms with Crippen molar-refractivity contribution in [1.29, 1.82) is 0 Å². The average Bonchev–Trinajstić information content (AvgIpc) is 3.23. The lowest BCUT2D eigenvalue weighted by atomic mass is 9.86. The van der Waals surface area contributed by atoms with Crippen LogP contribution in [-0.2, 0) is 14.9 Å². The summed E-state index contributed by atoms with van der Waals surface area (Å²) in [7, 11) is 0. The molecule has 1 N–H and O–H groups in total. The van der Waals surface area contributed by atoms with Crippen molar-refractivity contribution in [2.45, 2.75) is 52.0 Å². The molecule has 1 unspecified atom stereocenters. The third-order valence-electron chi connectivity index (χ3n) is 3.94. The molecule has 0 amide bonds. The number of rotatable bonds is 6. The minimum Gasteiger partial charge on any atom is -0.465 e. The maximum atomic E-state index is 12.2. The molecule has 0 heterocycles. The lowest BCUT2D eigenvalue weighted by molar-refractivity contribution is -0.145. The molecule has 116 valence electrons. The topological polar surface area (TPSA) is 38.3 Å². The SMILES string of the molecule is CCOC(=O)C(NCC1CC1)c1ccc(C(C)(C)C)cc1. The average molecular weight is 289 g/mol. The summed E-state index contributed by atoms with van der Waals surface area (Å²) >= 11 is 0. The van der Waals surface area contributed by atoms with Gasteiger partial charge in [0, 0.05) is 0 Å². The summed E-state index contributed by atoms with van der Waals surface area (Å²) < 4.78 is 5.21. The highest BCUT2D eigenvalue weighted by Crippen LogP contribution is 2.29. The normalized spacial score (nSPS) is 16.6. The lowest BCUT2D eigenvalue weighted by Gasteiger charge is -2.21. The van der Waals surface area contributed by atoms with Crippen LogP contribution < -0.4 is 5.32 Å². The number of carbonyl (C=O) groups is 1. The highest BCUT2D eigenvalue weighted by Gasteiger charge is 2.27. The second-order valence-corrected chi connectivity index (χ2v) is 6.91. The van der Waals surface area contributed by atoms with Gasteiger partial charge in [0.25, 0.3) is 0 Å². The minimum absolute atomic E-state index is 0.124. The Labute approximate surface area is 128 Å². The first-order chi connectivity index (χ1) is 9.91. The Morgan fingerprint density at radius 1 is 1.29 bits per heavy atom. The standard InChI is InChI=1S/C18H27NO2/c1-5-21-17(20)16(19-12-13-6-7-13)14-8-10-15(11-9-14)18(2,3)4/h8-11,13,16,19H,5-7,12H2,1-4H3. The molecule has 1 fully saturated rings. The van der Waals surface area contributed by atoms with Crippen LogP contribution in [0.4, 0.5) is 0 Å². The summed E-state index contributed by atoms with van der Waals surface area (Å²) in [6, 6.07) is 7.96. The fourth-order valence-corrected chi connectivity index (χ4v) is 2.34. The molecule has 1 aromatic rings. The first kappa shape index (κ1) is 16.0. The first-order valence-electron chi connectivity index (χ1n) is 7.92. The molecule has 0 saturated heterocycles. The van der Waals surface area contributed by atoms with Gasteiger partial charge in [-0.25, -0.2) is 4.79 Å². The maximum Gasteiger partial charge on any atom is 0.327 e. The summed E-state index contributed by atoms with van der Waals surface area (Å²) in [5.74, 6) is 0.553. The second-order valence-electron chi connectivity index (χ2n) is 6.91. The van der Waals surface area contributed by atoms with E-state index in [1.165, 1.54) is 18.4 Å². The van der Waals surface area contributed by atoms with E-state index in [-0.39, 0.29) is 17.4 Å². The Morgan fingerprint density at radius 3 is 2.38 bits per heavy atom. The van der Waals surface area contributed by atoms with E-state index in [1.807, 2.05) is 19.1 Å². The van der Waals surface area contributed by atoms with Gasteiger partial charge in [-0.1, -0.05) is 45.0 Å². The Bertz CT molecular complexity index is 469. The van der Waals surface area contributed by atoms with E-state index in [0.29, 0.717) is 6.61 Å². The zero-order valence-corrected chi connectivity index (χ0v) is 13.6. The van der Waals surface area contributed by atoms with Gasteiger partial charge in [-0.15, -0.1) is 0 Å². The molecule has 0 aliphatic heterocycles. The molecule has 1 aliphatic carbocycles. The molecule has 0 aromatic heterocycles. The number of ether oxygens (including phenoxy) is 1. The van der Waals surface area contributed by atoms with Crippen LogP contribution in [0, 0.1) is 5.92 Å². The van der Waals surface area contributed by atoms with Gasteiger partial charge in [-0.2, -0.15) is 0 Å². The number of nitrogens with one attached hydrogen (secondary N) is 1. The van der Waals surface area contributed by atoms with Gasteiger partial charge in [-0.05, 0) is 48.8 Å². The number of carbonyl (C=O) groups excluding carboxylic acids is 1. The van der Waals surface area contributed by atoms with Crippen LogP contribution in [0.2, 0.25) is 0 Å². The van der Waals surface area contributed by atoms with Gasteiger partial charge in [0.2, 0.25) is 0 Å². The van der Waals surface area contributed by atoms with Gasteiger partial charge in [-0.3, -0.25) is 0 Å². The highest BCUT2D eigenvalue weighted by molar-refractivity contribution is 5.77. The zero-order valence-electron chi connectivity index (χ0n) is 13.6. The summed E-state index contributed by atoms with van der Waals surface area (Å²) in [6.45, 7) is 9.73. The lowest BCUT2D eigenvalue weighted by Crippen LogP contribution is -2.31. The van der Waals surface area contributed by atoms with Gasteiger partial charge < -0.3 is 10.1 Å². The fraction of sp³-hybridized carbons (Fsp3) is 0.611. The van der Waals surface area contributed by atoms with E-state index in [0.717, 1.165) is 18.0 Å². The van der Waals surface area contributed by atoms with Crippen molar-refractivity contribution in [3.8, 4) is 0 Å². The molecule has 0 radical (unpaired) electrons. The smallest absolute Gasteiger partial charge is 0.327 e. The van der Waals surface area contributed by atoms with Crippen LogP contribution in [-0.4, -0.2) is 19.1 Å². The van der Waals surface area contributed by atoms with Crippen molar-refractivity contribution < 1.29 is 9.53 Å². The van der Waals surface area contributed by atoms with Crippen LogP contribution >= 0.6 is 0 Å². The van der Waals surface area contributed by atoms with Gasteiger partial charge in [0.1, 0.15) is 6.04 Å². The second kappa shape index (κ2) is 6.61. The van der Waals surface area contributed by atoms with Gasteiger partial charge in [0.15, 0.2) is 0 Å². The van der Waals surface area contributed by atoms with E-state index in [2.05, 4.69) is 38.2 Å². The van der Waals surface area contributed by atoms with Crippen molar-refractivity contribution in [3.63, 3.8) is 0 Å². The molecular formula is C18H27NO2.